The van der Waals surface area contributed by atoms with Crippen LogP contribution in [0.2, 0.25) is 0 Å². The molecule has 0 radical (unpaired) electrons. The number of nitrogens with two attached hydrogens (primary N) is 1. The first-order valence-corrected chi connectivity index (χ1v) is 8.20. The Morgan fingerprint density at radius 3 is 2.46 bits per heavy atom. The molecule has 2 N–H and O–H groups in total. The van der Waals surface area contributed by atoms with Crippen LogP contribution >= 0.6 is 0 Å². The minimum atomic E-state index is -0.713. The summed E-state index contributed by atoms with van der Waals surface area (Å²) >= 11 is 0. The Hall–Kier alpha value is -2.43. The highest BCUT2D eigenvalue weighted by Gasteiger charge is 2.21. The zero-order valence-electron chi connectivity index (χ0n) is 14.7. The molecule has 1 atom stereocenters. The van der Waals surface area contributed by atoms with E-state index in [9.17, 15) is 9.59 Å². The van der Waals surface area contributed by atoms with Crippen molar-refractivity contribution in [1.29, 1.82) is 0 Å². The molecule has 0 aliphatic heterocycles. The summed E-state index contributed by atoms with van der Waals surface area (Å²) in [7, 11) is 0. The van der Waals surface area contributed by atoms with E-state index >= 15 is 0 Å². The van der Waals surface area contributed by atoms with Crippen molar-refractivity contribution in [3.8, 4) is 0 Å². The van der Waals surface area contributed by atoms with Crippen molar-refractivity contribution in [2.75, 3.05) is 0 Å². The molecule has 128 valence electrons. The van der Waals surface area contributed by atoms with Gasteiger partial charge in [-0.15, -0.1) is 0 Å². The van der Waals surface area contributed by atoms with E-state index in [1.165, 1.54) is 10.2 Å². The molecule has 0 aliphatic carbocycles. The monoisotopic (exact) mass is 327 g/mol. The zero-order valence-corrected chi connectivity index (χ0v) is 14.7. The fourth-order valence-electron chi connectivity index (χ4n) is 2.93. The molecule has 0 bridgehead atoms. The predicted molar refractivity (Wildman–Crippen MR) is 95.0 cm³/mol. The third-order valence-electron chi connectivity index (χ3n) is 4.17. The van der Waals surface area contributed by atoms with Gasteiger partial charge in [0.1, 0.15) is 6.04 Å². The molecule has 5 heteroatoms. The number of primary amides is 1. The number of hydrogen-bond acceptors (Lipinski definition) is 3. The minimum absolute atomic E-state index is 0.0121. The van der Waals surface area contributed by atoms with Crippen molar-refractivity contribution in [2.24, 2.45) is 5.73 Å². The predicted octanol–water partition coefficient (Wildman–Crippen LogP) is 2.57. The smallest absolute Gasteiger partial charge is 0.271 e. The largest absolute Gasteiger partial charge is 0.368 e. The second-order valence-electron chi connectivity index (χ2n) is 7.02. The van der Waals surface area contributed by atoms with Crippen LogP contribution in [0, 0.1) is 0 Å². The summed E-state index contributed by atoms with van der Waals surface area (Å²) in [5.41, 5.74) is 8.04. The van der Waals surface area contributed by atoms with Crippen molar-refractivity contribution in [2.45, 2.75) is 52.0 Å². The van der Waals surface area contributed by atoms with Gasteiger partial charge in [-0.3, -0.25) is 9.59 Å². The van der Waals surface area contributed by atoms with Crippen LogP contribution in [-0.2, 0) is 16.6 Å². The van der Waals surface area contributed by atoms with Crippen LogP contribution in [0.5, 0.6) is 0 Å². The van der Waals surface area contributed by atoms with E-state index < -0.39 is 11.9 Å². The Morgan fingerprint density at radius 2 is 1.88 bits per heavy atom. The number of rotatable bonds is 5. The Kier molecular flexibility index (Phi) is 5.22. The van der Waals surface area contributed by atoms with Gasteiger partial charge in [0, 0.05) is 18.2 Å². The minimum Gasteiger partial charge on any atom is -0.368 e. The van der Waals surface area contributed by atoms with Crippen molar-refractivity contribution in [3.05, 3.63) is 63.6 Å². The van der Waals surface area contributed by atoms with E-state index in [0.717, 1.165) is 5.56 Å². The van der Waals surface area contributed by atoms with Gasteiger partial charge in [-0.1, -0.05) is 52.0 Å². The first-order valence-electron chi connectivity index (χ1n) is 8.20. The molecule has 2 rings (SSSR count). The molecule has 0 aliphatic rings. The van der Waals surface area contributed by atoms with Crippen LogP contribution in [0.4, 0.5) is 0 Å². The Bertz CT molecular complexity index is 788. The summed E-state index contributed by atoms with van der Waals surface area (Å²) in [6.07, 6.45) is 2.50. The summed E-state index contributed by atoms with van der Waals surface area (Å²) in [6.45, 7) is 8.26. The van der Waals surface area contributed by atoms with Gasteiger partial charge in [-0.25, -0.2) is 4.68 Å². The summed E-state index contributed by atoms with van der Waals surface area (Å²) in [4.78, 5) is 24.3. The van der Waals surface area contributed by atoms with E-state index in [-0.39, 0.29) is 11.0 Å². The number of amides is 1. The fourth-order valence-corrected chi connectivity index (χ4v) is 2.93. The molecule has 0 saturated carbocycles. The number of carbonyl (C=O) groups is 1. The van der Waals surface area contributed by atoms with Gasteiger partial charge in [0.2, 0.25) is 5.91 Å². The molecular weight excluding hydrogens is 302 g/mol. The molecule has 2 aromatic rings. The Morgan fingerprint density at radius 1 is 1.21 bits per heavy atom. The molecule has 1 unspecified atom stereocenters. The highest BCUT2D eigenvalue weighted by Crippen LogP contribution is 2.26. The Labute approximate surface area is 142 Å². The van der Waals surface area contributed by atoms with Crippen LogP contribution in [0.15, 0.2) is 41.3 Å². The van der Waals surface area contributed by atoms with Crippen LogP contribution in [0.3, 0.4) is 0 Å². The first-order chi connectivity index (χ1) is 11.3. The van der Waals surface area contributed by atoms with Crippen molar-refractivity contribution < 1.29 is 4.79 Å². The molecule has 1 aromatic heterocycles. The van der Waals surface area contributed by atoms with E-state index in [0.29, 0.717) is 18.4 Å². The second kappa shape index (κ2) is 6.99. The van der Waals surface area contributed by atoms with Crippen molar-refractivity contribution in [3.63, 3.8) is 0 Å². The van der Waals surface area contributed by atoms with Crippen LogP contribution in [0.25, 0.3) is 0 Å². The number of nitrogens with zero attached hydrogens (tertiary/aromatic N) is 2. The number of benzene rings is 1. The van der Waals surface area contributed by atoms with E-state index in [2.05, 4.69) is 31.9 Å². The lowest BCUT2D eigenvalue weighted by Gasteiger charge is -2.23. The lowest BCUT2D eigenvalue weighted by Crippen LogP contribution is -2.36. The van der Waals surface area contributed by atoms with Gasteiger partial charge in [0.25, 0.3) is 5.56 Å². The highest BCUT2D eigenvalue weighted by molar-refractivity contribution is 5.78. The molecular formula is C19H25N3O2. The van der Waals surface area contributed by atoms with Gasteiger partial charge in [-0.05, 0) is 29.0 Å². The standard InChI is InChI=1S/C19H25N3O2/c1-5-16(17(20)23)22-18(24)14(10-11-21-22)12-13-8-6-7-9-15(13)19(2,3)4/h6-11,16H,5,12H2,1-4H3,(H2,20,23). The van der Waals surface area contributed by atoms with Gasteiger partial charge < -0.3 is 5.73 Å². The highest BCUT2D eigenvalue weighted by atomic mass is 16.2. The van der Waals surface area contributed by atoms with E-state index in [1.807, 2.05) is 25.1 Å². The number of carbonyl (C=O) groups excluding carboxylic acids is 1. The molecule has 0 fully saturated rings. The van der Waals surface area contributed by atoms with Gasteiger partial charge in [0.15, 0.2) is 0 Å². The van der Waals surface area contributed by atoms with Crippen molar-refractivity contribution in [1.82, 2.24) is 9.78 Å². The summed E-state index contributed by atoms with van der Waals surface area (Å²) < 4.78 is 1.21. The second-order valence-corrected chi connectivity index (χ2v) is 7.02. The molecule has 24 heavy (non-hydrogen) atoms. The molecule has 1 aromatic carbocycles. The quantitative estimate of drug-likeness (QED) is 0.917. The zero-order chi connectivity index (χ0) is 17.9. The third kappa shape index (κ3) is 3.72. The third-order valence-corrected chi connectivity index (χ3v) is 4.17. The average molecular weight is 327 g/mol. The normalized spacial score (nSPS) is 12.8. The SMILES string of the molecule is CCC(C(N)=O)n1nccc(Cc2ccccc2C(C)(C)C)c1=O. The maximum Gasteiger partial charge on any atom is 0.271 e. The summed E-state index contributed by atoms with van der Waals surface area (Å²) in [5, 5.41) is 4.05. The lowest BCUT2D eigenvalue weighted by atomic mass is 9.82. The average Bonchev–Trinajstić information content (AvgIpc) is 2.50. The molecule has 1 heterocycles. The van der Waals surface area contributed by atoms with E-state index in [1.54, 1.807) is 12.3 Å². The van der Waals surface area contributed by atoms with Crippen LogP contribution in [0.1, 0.15) is 56.8 Å². The maximum absolute atomic E-state index is 12.7. The molecule has 0 saturated heterocycles. The molecule has 1 amide bonds. The lowest BCUT2D eigenvalue weighted by molar-refractivity contribution is -0.121. The Balaban J connectivity index is 2.47. The molecule has 0 spiro atoms. The summed E-state index contributed by atoms with van der Waals surface area (Å²) in [6, 6.07) is 9.11. The number of aromatic nitrogens is 2. The van der Waals surface area contributed by atoms with Gasteiger partial charge >= 0.3 is 0 Å². The van der Waals surface area contributed by atoms with E-state index in [4.69, 9.17) is 5.73 Å². The molecule has 5 nitrogen and oxygen atoms in total. The summed E-state index contributed by atoms with van der Waals surface area (Å²) in [5.74, 6) is -0.542. The van der Waals surface area contributed by atoms with Crippen LogP contribution in [-0.4, -0.2) is 15.7 Å². The first kappa shape index (κ1) is 17.9. The van der Waals surface area contributed by atoms with Gasteiger partial charge in [0.05, 0.1) is 0 Å². The fraction of sp³-hybridized carbons (Fsp3) is 0.421. The van der Waals surface area contributed by atoms with Crippen molar-refractivity contribution >= 4 is 5.91 Å². The van der Waals surface area contributed by atoms with Crippen LogP contribution < -0.4 is 11.3 Å². The number of hydrogen-bond donors (Lipinski definition) is 1. The van der Waals surface area contributed by atoms with Gasteiger partial charge in [-0.2, -0.15) is 5.10 Å². The maximum atomic E-state index is 12.7. The topological polar surface area (TPSA) is 78.0 Å².